The molecule has 7 nitrogen and oxygen atoms in total. The van der Waals surface area contributed by atoms with Crippen molar-refractivity contribution in [2.45, 2.75) is 13.8 Å². The number of aromatic nitrogens is 1. The Morgan fingerprint density at radius 3 is 2.39 bits per heavy atom. The highest BCUT2D eigenvalue weighted by Gasteiger charge is 2.24. The summed E-state index contributed by atoms with van der Waals surface area (Å²) >= 11 is 0. The van der Waals surface area contributed by atoms with Gasteiger partial charge in [-0.25, -0.2) is 4.98 Å². The normalized spacial score (nSPS) is 13.9. The molecule has 1 aromatic carbocycles. The lowest BCUT2D eigenvalue weighted by Gasteiger charge is -2.32. The zero-order chi connectivity index (χ0) is 20.1. The monoisotopic (exact) mass is 380 g/mol. The minimum absolute atomic E-state index is 0.223. The van der Waals surface area contributed by atoms with E-state index in [9.17, 15) is 14.4 Å². The van der Waals surface area contributed by atoms with Crippen LogP contribution in [0.5, 0.6) is 0 Å². The molecule has 2 heterocycles. The van der Waals surface area contributed by atoms with Crippen LogP contribution in [0.4, 0.5) is 5.69 Å². The Morgan fingerprint density at radius 1 is 1.07 bits per heavy atom. The molecule has 7 heteroatoms. The molecule has 1 aliphatic rings. The average Bonchev–Trinajstić information content (AvgIpc) is 2.74. The van der Waals surface area contributed by atoms with Crippen LogP contribution in [-0.4, -0.2) is 65.7 Å². The van der Waals surface area contributed by atoms with Crippen LogP contribution < -0.4 is 4.90 Å². The summed E-state index contributed by atoms with van der Waals surface area (Å²) in [6.07, 6.45) is 0.796. The Hall–Kier alpha value is -3.22. The predicted octanol–water partition coefficient (Wildman–Crippen LogP) is 1.97. The van der Waals surface area contributed by atoms with Gasteiger partial charge < -0.3 is 14.7 Å². The van der Waals surface area contributed by atoms with E-state index in [1.807, 2.05) is 38.1 Å². The van der Waals surface area contributed by atoms with Gasteiger partial charge in [0.05, 0.1) is 0 Å². The van der Waals surface area contributed by atoms with E-state index in [0.717, 1.165) is 17.7 Å². The number of hydrogen-bond donors (Lipinski definition) is 0. The third-order valence-corrected chi connectivity index (χ3v) is 4.81. The maximum atomic E-state index is 13.0. The Kier molecular flexibility index (Phi) is 6.03. The van der Waals surface area contributed by atoms with Crippen LogP contribution in [0.25, 0.3) is 0 Å². The summed E-state index contributed by atoms with van der Waals surface area (Å²) in [7, 11) is 0. The molecule has 0 atom stereocenters. The highest BCUT2D eigenvalue weighted by molar-refractivity contribution is 6.05. The molecule has 1 aromatic heterocycles. The highest BCUT2D eigenvalue weighted by Crippen LogP contribution is 2.18. The second-order valence-electron chi connectivity index (χ2n) is 6.73. The van der Waals surface area contributed by atoms with E-state index in [4.69, 9.17) is 0 Å². The summed E-state index contributed by atoms with van der Waals surface area (Å²) in [5.74, 6) is -0.465. The number of piperazine rings is 1. The Morgan fingerprint density at radius 2 is 1.75 bits per heavy atom. The van der Waals surface area contributed by atoms with Gasteiger partial charge in [-0.2, -0.15) is 0 Å². The molecule has 0 saturated carbocycles. The SMILES string of the molecule is CCN(C(=O)c1cccc(C(=O)N2CCN(C=O)CC2)n1)c1cccc(C)c1. The Bertz CT molecular complexity index is 875. The molecule has 0 bridgehead atoms. The van der Waals surface area contributed by atoms with E-state index in [1.54, 1.807) is 32.9 Å². The molecule has 0 unspecified atom stereocenters. The van der Waals surface area contributed by atoms with Crippen molar-refractivity contribution in [3.8, 4) is 0 Å². The third-order valence-electron chi connectivity index (χ3n) is 4.81. The van der Waals surface area contributed by atoms with Crippen molar-refractivity contribution >= 4 is 23.9 Å². The van der Waals surface area contributed by atoms with Gasteiger partial charge in [0.1, 0.15) is 11.4 Å². The fourth-order valence-electron chi connectivity index (χ4n) is 3.24. The summed E-state index contributed by atoms with van der Waals surface area (Å²) in [6.45, 7) is 6.31. The molecule has 0 N–H and O–H groups in total. The van der Waals surface area contributed by atoms with Crippen molar-refractivity contribution in [2.24, 2.45) is 0 Å². The second-order valence-corrected chi connectivity index (χ2v) is 6.73. The summed E-state index contributed by atoms with van der Waals surface area (Å²) in [5.41, 5.74) is 2.34. The number of benzene rings is 1. The van der Waals surface area contributed by atoms with Gasteiger partial charge >= 0.3 is 0 Å². The number of aryl methyl sites for hydroxylation is 1. The largest absolute Gasteiger partial charge is 0.342 e. The fraction of sp³-hybridized carbons (Fsp3) is 0.333. The molecule has 3 amide bonds. The zero-order valence-corrected chi connectivity index (χ0v) is 16.2. The molecule has 0 radical (unpaired) electrons. The first-order valence-electron chi connectivity index (χ1n) is 9.37. The molecule has 28 heavy (non-hydrogen) atoms. The quantitative estimate of drug-likeness (QED) is 0.744. The van der Waals surface area contributed by atoms with Crippen LogP contribution in [0.15, 0.2) is 42.5 Å². The second kappa shape index (κ2) is 8.65. The maximum Gasteiger partial charge on any atom is 0.276 e. The van der Waals surface area contributed by atoms with Gasteiger partial charge in [0.25, 0.3) is 11.8 Å². The van der Waals surface area contributed by atoms with Crippen molar-refractivity contribution in [3.05, 3.63) is 59.4 Å². The van der Waals surface area contributed by atoms with Gasteiger partial charge in [-0.1, -0.05) is 18.2 Å². The minimum atomic E-state index is -0.242. The highest BCUT2D eigenvalue weighted by atomic mass is 16.2. The molecular weight excluding hydrogens is 356 g/mol. The smallest absolute Gasteiger partial charge is 0.276 e. The topological polar surface area (TPSA) is 73.8 Å². The van der Waals surface area contributed by atoms with E-state index in [1.165, 1.54) is 0 Å². The molecule has 1 aliphatic heterocycles. The standard InChI is InChI=1S/C21H24N4O3/c1-3-25(17-7-4-6-16(2)14-17)21(28)19-9-5-8-18(22-19)20(27)24-12-10-23(15-26)11-13-24/h4-9,14-15H,3,10-13H2,1-2H3. The number of rotatable bonds is 5. The van der Waals surface area contributed by atoms with Gasteiger partial charge in [-0.3, -0.25) is 14.4 Å². The van der Waals surface area contributed by atoms with Crippen LogP contribution >= 0.6 is 0 Å². The molecule has 0 spiro atoms. The number of hydrogen-bond acceptors (Lipinski definition) is 4. The van der Waals surface area contributed by atoms with E-state index in [0.29, 0.717) is 32.7 Å². The summed E-state index contributed by atoms with van der Waals surface area (Å²) in [5, 5.41) is 0. The number of carbonyl (C=O) groups is 3. The van der Waals surface area contributed by atoms with Crippen molar-refractivity contribution in [3.63, 3.8) is 0 Å². The lowest BCUT2D eigenvalue weighted by atomic mass is 10.2. The number of carbonyl (C=O) groups excluding carboxylic acids is 3. The van der Waals surface area contributed by atoms with Gasteiger partial charge in [0.2, 0.25) is 6.41 Å². The van der Waals surface area contributed by atoms with Crippen LogP contribution in [0.3, 0.4) is 0 Å². The lowest BCUT2D eigenvalue weighted by molar-refractivity contribution is -0.119. The number of nitrogens with zero attached hydrogens (tertiary/aromatic N) is 4. The summed E-state index contributed by atoms with van der Waals surface area (Å²) in [4.78, 5) is 45.9. The molecule has 3 rings (SSSR count). The molecule has 0 aliphatic carbocycles. The van der Waals surface area contributed by atoms with Gasteiger partial charge in [0, 0.05) is 38.4 Å². The molecular formula is C21H24N4O3. The van der Waals surface area contributed by atoms with Crippen molar-refractivity contribution < 1.29 is 14.4 Å². The fourth-order valence-corrected chi connectivity index (χ4v) is 3.24. The van der Waals surface area contributed by atoms with E-state index in [2.05, 4.69) is 4.98 Å². The Labute approximate surface area is 164 Å². The number of pyridine rings is 1. The van der Waals surface area contributed by atoms with Crippen LogP contribution in [-0.2, 0) is 4.79 Å². The van der Waals surface area contributed by atoms with Crippen LogP contribution in [0, 0.1) is 6.92 Å². The van der Waals surface area contributed by atoms with E-state index >= 15 is 0 Å². The molecule has 146 valence electrons. The first kappa shape index (κ1) is 19.5. The predicted molar refractivity (Wildman–Crippen MR) is 106 cm³/mol. The number of anilines is 1. The van der Waals surface area contributed by atoms with Gasteiger partial charge in [-0.15, -0.1) is 0 Å². The minimum Gasteiger partial charge on any atom is -0.342 e. The number of amides is 3. The van der Waals surface area contributed by atoms with Gasteiger partial charge in [-0.05, 0) is 43.7 Å². The van der Waals surface area contributed by atoms with E-state index < -0.39 is 0 Å². The summed E-state index contributed by atoms with van der Waals surface area (Å²) in [6, 6.07) is 12.6. The summed E-state index contributed by atoms with van der Waals surface area (Å²) < 4.78 is 0. The van der Waals surface area contributed by atoms with Crippen molar-refractivity contribution in [1.82, 2.24) is 14.8 Å². The van der Waals surface area contributed by atoms with Gasteiger partial charge in [0.15, 0.2) is 0 Å². The maximum absolute atomic E-state index is 13.0. The first-order valence-corrected chi connectivity index (χ1v) is 9.37. The van der Waals surface area contributed by atoms with Crippen LogP contribution in [0.1, 0.15) is 33.5 Å². The van der Waals surface area contributed by atoms with E-state index in [-0.39, 0.29) is 23.2 Å². The Balaban J connectivity index is 1.79. The first-order chi connectivity index (χ1) is 13.5. The average molecular weight is 380 g/mol. The third kappa shape index (κ3) is 4.19. The molecule has 1 saturated heterocycles. The van der Waals surface area contributed by atoms with Crippen molar-refractivity contribution in [1.29, 1.82) is 0 Å². The molecule has 1 fully saturated rings. The molecule has 2 aromatic rings. The lowest BCUT2D eigenvalue weighted by Crippen LogP contribution is -2.48. The van der Waals surface area contributed by atoms with Crippen molar-refractivity contribution in [2.75, 3.05) is 37.6 Å². The zero-order valence-electron chi connectivity index (χ0n) is 16.2. The van der Waals surface area contributed by atoms with Crippen LogP contribution in [0.2, 0.25) is 0 Å².